The van der Waals surface area contributed by atoms with E-state index in [2.05, 4.69) is 10.1 Å². The molecule has 0 fully saturated rings. The van der Waals surface area contributed by atoms with Crippen LogP contribution in [0.15, 0.2) is 48.8 Å². The third-order valence-electron chi connectivity index (χ3n) is 4.96. The van der Waals surface area contributed by atoms with Crippen molar-refractivity contribution in [3.8, 4) is 28.6 Å². The molecule has 0 radical (unpaired) electrons. The van der Waals surface area contributed by atoms with E-state index in [0.717, 1.165) is 27.9 Å². The number of nitrogens with zero attached hydrogens (tertiary/aromatic N) is 4. The standard InChI is InChI=1S/C22H22ClN4O4/c1-26-17(9-15-10-20(23)24-11-18(15)26)21-19(29-3)12-27(25-22(21)30-4)31-13-14-5-7-16(28-2)8-6-14/h5-12H,13H2,1-4H3/q+1. The van der Waals surface area contributed by atoms with Gasteiger partial charge in [0.05, 0.1) is 43.8 Å². The monoisotopic (exact) mass is 441 g/mol. The van der Waals surface area contributed by atoms with E-state index in [-0.39, 0.29) is 0 Å². The van der Waals surface area contributed by atoms with Crippen LogP contribution >= 0.6 is 11.6 Å². The van der Waals surface area contributed by atoms with Gasteiger partial charge in [-0.1, -0.05) is 23.7 Å². The summed E-state index contributed by atoms with van der Waals surface area (Å²) in [5, 5.41) is 5.85. The van der Waals surface area contributed by atoms with E-state index in [1.165, 1.54) is 4.85 Å². The van der Waals surface area contributed by atoms with Crippen LogP contribution in [0.2, 0.25) is 5.15 Å². The van der Waals surface area contributed by atoms with E-state index in [4.69, 9.17) is 30.6 Å². The van der Waals surface area contributed by atoms with Crippen LogP contribution in [-0.2, 0) is 13.7 Å². The molecule has 160 valence electrons. The first kappa shape index (κ1) is 20.7. The molecule has 3 heterocycles. The largest absolute Gasteiger partial charge is 0.497 e. The number of benzene rings is 1. The highest BCUT2D eigenvalue weighted by Gasteiger charge is 2.26. The van der Waals surface area contributed by atoms with Crippen molar-refractivity contribution in [1.82, 2.24) is 14.6 Å². The maximum Gasteiger partial charge on any atom is 0.297 e. The van der Waals surface area contributed by atoms with Crippen LogP contribution in [0.25, 0.3) is 22.2 Å². The van der Waals surface area contributed by atoms with Crippen LogP contribution in [-0.4, -0.2) is 36.0 Å². The molecule has 1 aromatic carbocycles. The van der Waals surface area contributed by atoms with Gasteiger partial charge in [-0.05, 0) is 29.8 Å². The number of ether oxygens (including phenoxy) is 3. The predicted octanol–water partition coefficient (Wildman–Crippen LogP) is 3.23. The molecule has 9 heteroatoms. The third kappa shape index (κ3) is 4.06. The summed E-state index contributed by atoms with van der Waals surface area (Å²) in [6, 6.07) is 11.4. The Kier molecular flexibility index (Phi) is 5.81. The molecule has 8 nitrogen and oxygen atoms in total. The smallest absolute Gasteiger partial charge is 0.297 e. The van der Waals surface area contributed by atoms with Gasteiger partial charge in [-0.15, -0.1) is 0 Å². The fourth-order valence-electron chi connectivity index (χ4n) is 3.35. The van der Waals surface area contributed by atoms with Crippen molar-refractivity contribution >= 4 is 22.5 Å². The summed E-state index contributed by atoms with van der Waals surface area (Å²) in [4.78, 5) is 11.3. The molecule has 0 spiro atoms. The van der Waals surface area contributed by atoms with Gasteiger partial charge in [0.2, 0.25) is 5.75 Å². The van der Waals surface area contributed by atoms with E-state index in [0.29, 0.717) is 29.0 Å². The van der Waals surface area contributed by atoms with E-state index < -0.39 is 0 Å². The first-order valence-corrected chi connectivity index (χ1v) is 9.84. The Bertz CT molecular complexity index is 1200. The van der Waals surface area contributed by atoms with Gasteiger partial charge >= 0.3 is 0 Å². The highest BCUT2D eigenvalue weighted by atomic mass is 35.5. The molecule has 0 aliphatic rings. The predicted molar refractivity (Wildman–Crippen MR) is 116 cm³/mol. The lowest BCUT2D eigenvalue weighted by Gasteiger charge is -2.11. The topological polar surface area (TPSA) is 71.5 Å². The van der Waals surface area contributed by atoms with Crippen LogP contribution in [0, 0.1) is 0 Å². The van der Waals surface area contributed by atoms with Crippen molar-refractivity contribution in [1.29, 1.82) is 0 Å². The van der Waals surface area contributed by atoms with Gasteiger partial charge in [0.15, 0.2) is 6.61 Å². The maximum atomic E-state index is 6.06. The molecular formula is C22H22ClN4O4+. The van der Waals surface area contributed by atoms with Gasteiger partial charge in [0, 0.05) is 12.4 Å². The Balaban J connectivity index is 1.70. The molecule has 0 aliphatic carbocycles. The minimum Gasteiger partial charge on any atom is -0.497 e. The zero-order valence-electron chi connectivity index (χ0n) is 17.6. The number of hydrogen-bond acceptors (Lipinski definition) is 6. The molecule has 0 saturated carbocycles. The summed E-state index contributed by atoms with van der Waals surface area (Å²) >= 11 is 6.06. The molecule has 0 aliphatic heterocycles. The van der Waals surface area contributed by atoms with Gasteiger partial charge in [0.1, 0.15) is 21.3 Å². The summed E-state index contributed by atoms with van der Waals surface area (Å²) < 4.78 is 18.4. The van der Waals surface area contributed by atoms with Crippen molar-refractivity contribution in [2.45, 2.75) is 6.61 Å². The zero-order valence-corrected chi connectivity index (χ0v) is 18.4. The first-order valence-electron chi connectivity index (χ1n) is 9.46. The summed E-state index contributed by atoms with van der Waals surface area (Å²) in [5.74, 6) is 1.69. The summed E-state index contributed by atoms with van der Waals surface area (Å²) in [6.45, 7) is 0.311. The number of fused-ring (bicyclic) bond motifs is 1. The normalized spacial score (nSPS) is 10.9. The highest BCUT2D eigenvalue weighted by Crippen LogP contribution is 2.38. The minimum atomic E-state index is 0.311. The number of hydrogen-bond donors (Lipinski definition) is 0. The van der Waals surface area contributed by atoms with Gasteiger partial charge in [0.25, 0.3) is 12.1 Å². The average Bonchev–Trinajstić information content (AvgIpc) is 3.12. The van der Waals surface area contributed by atoms with Crippen molar-refractivity contribution in [3.05, 3.63) is 59.5 Å². The summed E-state index contributed by atoms with van der Waals surface area (Å²) in [6.07, 6.45) is 3.40. The molecule has 0 N–H and O–H groups in total. The van der Waals surface area contributed by atoms with Crippen molar-refractivity contribution < 1.29 is 23.9 Å². The highest BCUT2D eigenvalue weighted by molar-refractivity contribution is 6.30. The summed E-state index contributed by atoms with van der Waals surface area (Å²) in [5.41, 5.74) is 3.44. The van der Waals surface area contributed by atoms with Gasteiger partial charge in [-0.2, -0.15) is 0 Å². The number of aryl methyl sites for hydroxylation is 1. The van der Waals surface area contributed by atoms with Crippen LogP contribution in [0.5, 0.6) is 17.4 Å². The number of methoxy groups -OCH3 is 3. The molecule has 0 saturated heterocycles. The SMILES string of the molecule is COc1ccc(CO[n+]2cc(OC)c(-c3cc4cc(Cl)ncc4n3C)c(OC)n2)cc1. The lowest BCUT2D eigenvalue weighted by Crippen LogP contribution is -2.46. The Morgan fingerprint density at radius 1 is 1.03 bits per heavy atom. The van der Waals surface area contributed by atoms with E-state index >= 15 is 0 Å². The maximum absolute atomic E-state index is 6.06. The number of halogens is 1. The molecule has 0 atom stereocenters. The van der Waals surface area contributed by atoms with E-state index in [1.807, 2.05) is 48.0 Å². The minimum absolute atomic E-state index is 0.311. The fraction of sp³-hybridized carbons (Fsp3) is 0.227. The molecule has 4 rings (SSSR count). The van der Waals surface area contributed by atoms with Crippen molar-refractivity contribution in [2.24, 2.45) is 7.05 Å². The van der Waals surface area contributed by atoms with Crippen molar-refractivity contribution in [3.63, 3.8) is 0 Å². The van der Waals surface area contributed by atoms with E-state index in [9.17, 15) is 0 Å². The average molecular weight is 442 g/mol. The first-order chi connectivity index (χ1) is 15.0. The third-order valence-corrected chi connectivity index (χ3v) is 5.17. The second kappa shape index (κ2) is 8.69. The second-order valence-corrected chi connectivity index (χ2v) is 7.15. The number of pyridine rings is 1. The van der Waals surface area contributed by atoms with E-state index in [1.54, 1.807) is 33.7 Å². The van der Waals surface area contributed by atoms with Crippen molar-refractivity contribution in [2.75, 3.05) is 21.3 Å². The van der Waals surface area contributed by atoms with Gasteiger partial charge < -0.3 is 18.8 Å². The Morgan fingerprint density at radius 3 is 2.48 bits per heavy atom. The molecule has 4 aromatic rings. The summed E-state index contributed by atoms with van der Waals surface area (Å²) in [7, 11) is 6.72. The molecule has 0 amide bonds. The lowest BCUT2D eigenvalue weighted by molar-refractivity contribution is -0.939. The zero-order chi connectivity index (χ0) is 22.0. The van der Waals surface area contributed by atoms with Crippen LogP contribution < -0.4 is 23.9 Å². The van der Waals surface area contributed by atoms with Gasteiger partial charge in [-0.25, -0.2) is 9.82 Å². The Hall–Kier alpha value is -3.52. The Labute approximate surface area is 184 Å². The second-order valence-electron chi connectivity index (χ2n) is 6.76. The fourth-order valence-corrected chi connectivity index (χ4v) is 3.51. The molecule has 0 unspecified atom stereocenters. The van der Waals surface area contributed by atoms with Crippen LogP contribution in [0.4, 0.5) is 0 Å². The Morgan fingerprint density at radius 2 is 1.81 bits per heavy atom. The molecular weight excluding hydrogens is 420 g/mol. The van der Waals surface area contributed by atoms with Gasteiger partial charge in [-0.3, -0.25) is 0 Å². The van der Waals surface area contributed by atoms with Crippen LogP contribution in [0.1, 0.15) is 5.56 Å². The molecule has 31 heavy (non-hydrogen) atoms. The number of rotatable bonds is 7. The molecule has 0 bridgehead atoms. The quantitative estimate of drug-likeness (QED) is 0.324. The van der Waals surface area contributed by atoms with Crippen LogP contribution in [0.3, 0.4) is 0 Å². The number of aromatic nitrogens is 4. The lowest BCUT2D eigenvalue weighted by atomic mass is 10.2. The molecule has 3 aromatic heterocycles.